The predicted molar refractivity (Wildman–Crippen MR) is 74.6 cm³/mol. The standard InChI is InChI=1S/C15H28O3/c1-14(11-7-5-9-13-16)10-6-3-2-4-8-12-15(17)18/h10,16H,2-9,11-13H2,1H3,(H,17,18)/b14-10+. The predicted octanol–water partition coefficient (Wildman–Crippen LogP) is 3.91. The van der Waals surface area contributed by atoms with Crippen molar-refractivity contribution in [2.75, 3.05) is 6.61 Å². The van der Waals surface area contributed by atoms with Gasteiger partial charge in [0.05, 0.1) is 0 Å². The lowest BCUT2D eigenvalue weighted by Gasteiger charge is -2.02. The van der Waals surface area contributed by atoms with Crippen molar-refractivity contribution in [2.24, 2.45) is 0 Å². The molecule has 106 valence electrons. The molecule has 0 aliphatic heterocycles. The van der Waals surface area contributed by atoms with Gasteiger partial charge >= 0.3 is 5.97 Å². The number of aliphatic hydroxyl groups is 1. The largest absolute Gasteiger partial charge is 0.481 e. The molecule has 2 N–H and O–H groups in total. The van der Waals surface area contributed by atoms with E-state index in [1.165, 1.54) is 12.0 Å². The number of aliphatic hydroxyl groups excluding tert-OH is 1. The molecule has 0 fully saturated rings. The van der Waals surface area contributed by atoms with Gasteiger partial charge in [-0.05, 0) is 45.4 Å². The molecule has 0 bridgehead atoms. The smallest absolute Gasteiger partial charge is 0.303 e. The molecule has 0 amide bonds. The van der Waals surface area contributed by atoms with Gasteiger partial charge in [-0.25, -0.2) is 0 Å². The van der Waals surface area contributed by atoms with Gasteiger partial charge in [0.1, 0.15) is 0 Å². The van der Waals surface area contributed by atoms with E-state index in [1.54, 1.807) is 0 Å². The molecule has 18 heavy (non-hydrogen) atoms. The Bertz CT molecular complexity index is 234. The summed E-state index contributed by atoms with van der Waals surface area (Å²) in [6, 6.07) is 0. The van der Waals surface area contributed by atoms with Crippen LogP contribution in [0, 0.1) is 0 Å². The van der Waals surface area contributed by atoms with Crippen LogP contribution in [0.25, 0.3) is 0 Å². The monoisotopic (exact) mass is 256 g/mol. The Morgan fingerprint density at radius 3 is 2.22 bits per heavy atom. The quantitative estimate of drug-likeness (QED) is 0.411. The highest BCUT2D eigenvalue weighted by Gasteiger charge is 1.96. The SMILES string of the molecule is C/C(=C\CCCCCCC(=O)O)CCCCCO. The average Bonchev–Trinajstić information content (AvgIpc) is 2.33. The Hall–Kier alpha value is -0.830. The molecule has 3 nitrogen and oxygen atoms in total. The molecule has 0 saturated heterocycles. The molecule has 0 aliphatic rings. The summed E-state index contributed by atoms with van der Waals surface area (Å²) < 4.78 is 0. The van der Waals surface area contributed by atoms with Gasteiger partial charge in [-0.15, -0.1) is 0 Å². The Balaban J connectivity index is 3.31. The maximum absolute atomic E-state index is 10.3. The Kier molecular flexibility index (Phi) is 12.0. The van der Waals surface area contributed by atoms with Gasteiger partial charge < -0.3 is 10.2 Å². The van der Waals surface area contributed by atoms with E-state index in [0.29, 0.717) is 13.0 Å². The van der Waals surface area contributed by atoms with Crippen molar-refractivity contribution in [3.63, 3.8) is 0 Å². The zero-order valence-electron chi connectivity index (χ0n) is 11.7. The van der Waals surface area contributed by atoms with Crippen LogP contribution >= 0.6 is 0 Å². The fourth-order valence-corrected chi connectivity index (χ4v) is 1.92. The van der Waals surface area contributed by atoms with Crippen LogP contribution in [0.1, 0.15) is 71.1 Å². The van der Waals surface area contributed by atoms with Gasteiger partial charge in [-0.1, -0.05) is 30.9 Å². The van der Waals surface area contributed by atoms with Crippen LogP contribution in [0.3, 0.4) is 0 Å². The van der Waals surface area contributed by atoms with Crippen LogP contribution in [0.15, 0.2) is 11.6 Å². The number of carboxylic acids is 1. The summed E-state index contributed by atoms with van der Waals surface area (Å²) >= 11 is 0. The molecule has 0 unspecified atom stereocenters. The Morgan fingerprint density at radius 2 is 1.56 bits per heavy atom. The number of hydrogen-bond donors (Lipinski definition) is 2. The van der Waals surface area contributed by atoms with Crippen molar-refractivity contribution in [3.8, 4) is 0 Å². The third-order valence-corrected chi connectivity index (χ3v) is 3.07. The van der Waals surface area contributed by atoms with Crippen LogP contribution in [0.4, 0.5) is 0 Å². The van der Waals surface area contributed by atoms with Gasteiger partial charge in [0.25, 0.3) is 0 Å². The fraction of sp³-hybridized carbons (Fsp3) is 0.800. The van der Waals surface area contributed by atoms with Crippen molar-refractivity contribution >= 4 is 5.97 Å². The van der Waals surface area contributed by atoms with Gasteiger partial charge in [-0.3, -0.25) is 4.79 Å². The summed E-state index contributed by atoms with van der Waals surface area (Å²) in [5.74, 6) is -0.686. The molecular formula is C15H28O3. The molecule has 0 heterocycles. The third-order valence-electron chi connectivity index (χ3n) is 3.07. The van der Waals surface area contributed by atoms with E-state index in [4.69, 9.17) is 10.2 Å². The summed E-state index contributed by atoms with van der Waals surface area (Å²) in [5, 5.41) is 17.1. The van der Waals surface area contributed by atoms with Crippen molar-refractivity contribution in [3.05, 3.63) is 11.6 Å². The highest BCUT2D eigenvalue weighted by atomic mass is 16.4. The number of rotatable bonds is 12. The second kappa shape index (κ2) is 12.6. The molecule has 0 aromatic heterocycles. The molecule has 3 heteroatoms. The molecule has 0 aromatic carbocycles. The van der Waals surface area contributed by atoms with Crippen LogP contribution in [-0.4, -0.2) is 22.8 Å². The summed E-state index contributed by atoms with van der Waals surface area (Å²) in [5.41, 5.74) is 1.44. The van der Waals surface area contributed by atoms with Gasteiger partial charge in [-0.2, -0.15) is 0 Å². The molecule has 0 radical (unpaired) electrons. The summed E-state index contributed by atoms with van der Waals surface area (Å²) in [6.07, 6.45) is 12.2. The number of hydrogen-bond acceptors (Lipinski definition) is 2. The highest BCUT2D eigenvalue weighted by molar-refractivity contribution is 5.66. The first kappa shape index (κ1) is 17.2. The van der Waals surface area contributed by atoms with E-state index in [2.05, 4.69) is 13.0 Å². The molecule has 0 aliphatic carbocycles. The van der Waals surface area contributed by atoms with Crippen LogP contribution in [0.2, 0.25) is 0 Å². The highest BCUT2D eigenvalue weighted by Crippen LogP contribution is 2.11. The van der Waals surface area contributed by atoms with Crippen molar-refractivity contribution < 1.29 is 15.0 Å². The van der Waals surface area contributed by atoms with Gasteiger partial charge in [0, 0.05) is 13.0 Å². The zero-order chi connectivity index (χ0) is 13.6. The van der Waals surface area contributed by atoms with Crippen molar-refractivity contribution in [2.45, 2.75) is 71.1 Å². The van der Waals surface area contributed by atoms with E-state index < -0.39 is 5.97 Å². The van der Waals surface area contributed by atoms with Crippen molar-refractivity contribution in [1.82, 2.24) is 0 Å². The number of allylic oxidation sites excluding steroid dienone is 2. The topological polar surface area (TPSA) is 57.5 Å². The normalized spacial score (nSPS) is 11.8. The van der Waals surface area contributed by atoms with E-state index in [9.17, 15) is 4.79 Å². The molecule has 0 aromatic rings. The third kappa shape index (κ3) is 13.2. The van der Waals surface area contributed by atoms with Crippen LogP contribution in [-0.2, 0) is 4.79 Å². The number of aliphatic carboxylic acids is 1. The fourth-order valence-electron chi connectivity index (χ4n) is 1.92. The zero-order valence-corrected chi connectivity index (χ0v) is 11.7. The second-order valence-corrected chi connectivity index (χ2v) is 4.93. The number of carboxylic acid groups (broad SMARTS) is 1. The lowest BCUT2D eigenvalue weighted by Crippen LogP contribution is -1.93. The minimum Gasteiger partial charge on any atom is -0.481 e. The number of carbonyl (C=O) groups is 1. The van der Waals surface area contributed by atoms with E-state index >= 15 is 0 Å². The maximum Gasteiger partial charge on any atom is 0.303 e. The minimum absolute atomic E-state index is 0.305. The Morgan fingerprint density at radius 1 is 0.944 bits per heavy atom. The first-order chi connectivity index (χ1) is 8.66. The lowest BCUT2D eigenvalue weighted by atomic mass is 10.1. The van der Waals surface area contributed by atoms with Crippen LogP contribution < -0.4 is 0 Å². The first-order valence-corrected chi connectivity index (χ1v) is 7.15. The lowest BCUT2D eigenvalue weighted by molar-refractivity contribution is -0.137. The van der Waals surface area contributed by atoms with E-state index in [1.807, 2.05) is 0 Å². The van der Waals surface area contributed by atoms with Gasteiger partial charge in [0.2, 0.25) is 0 Å². The summed E-state index contributed by atoms with van der Waals surface area (Å²) in [7, 11) is 0. The molecular weight excluding hydrogens is 228 g/mol. The maximum atomic E-state index is 10.3. The average molecular weight is 256 g/mol. The van der Waals surface area contributed by atoms with Gasteiger partial charge in [0.15, 0.2) is 0 Å². The minimum atomic E-state index is -0.686. The van der Waals surface area contributed by atoms with E-state index in [-0.39, 0.29) is 0 Å². The number of unbranched alkanes of at least 4 members (excludes halogenated alkanes) is 6. The van der Waals surface area contributed by atoms with Crippen LogP contribution in [0.5, 0.6) is 0 Å². The molecule has 0 saturated carbocycles. The summed E-state index contributed by atoms with van der Waals surface area (Å²) in [6.45, 7) is 2.47. The summed E-state index contributed by atoms with van der Waals surface area (Å²) in [4.78, 5) is 10.3. The molecule has 0 rings (SSSR count). The first-order valence-electron chi connectivity index (χ1n) is 7.15. The second-order valence-electron chi connectivity index (χ2n) is 4.93. The molecule has 0 atom stereocenters. The van der Waals surface area contributed by atoms with E-state index in [0.717, 1.165) is 51.4 Å². The molecule has 0 spiro atoms. The Labute approximate surface area is 111 Å². The van der Waals surface area contributed by atoms with Crippen molar-refractivity contribution in [1.29, 1.82) is 0 Å².